The van der Waals surface area contributed by atoms with Crippen molar-refractivity contribution in [1.82, 2.24) is 0 Å². The molecule has 70 valence electrons. The summed E-state index contributed by atoms with van der Waals surface area (Å²) in [6, 6.07) is 0. The van der Waals surface area contributed by atoms with E-state index in [4.69, 9.17) is 0 Å². The van der Waals surface area contributed by atoms with E-state index in [-0.39, 0.29) is 5.41 Å². The smallest absolute Gasteiger partial charge is 0.126 e. The van der Waals surface area contributed by atoms with Crippen LogP contribution in [0.3, 0.4) is 0 Å². The molecule has 1 heteroatoms. The molecule has 0 radical (unpaired) electrons. The van der Waals surface area contributed by atoms with Crippen molar-refractivity contribution in [3.63, 3.8) is 0 Å². The fraction of sp³-hybridized carbons (Fsp3) is 0.909. The van der Waals surface area contributed by atoms with Gasteiger partial charge in [0.1, 0.15) is 6.29 Å². The van der Waals surface area contributed by atoms with Gasteiger partial charge in [-0.25, -0.2) is 0 Å². The predicted octanol–water partition coefficient (Wildman–Crippen LogP) is 3.18. The van der Waals surface area contributed by atoms with Crippen LogP contribution in [-0.2, 0) is 4.79 Å². The van der Waals surface area contributed by atoms with Crippen LogP contribution in [0.2, 0.25) is 0 Å². The third-order valence-corrected chi connectivity index (χ3v) is 2.97. The average molecular weight is 168 g/mol. The maximum absolute atomic E-state index is 10.8. The Hall–Kier alpha value is -0.330. The van der Waals surface area contributed by atoms with Crippen LogP contribution in [0.4, 0.5) is 0 Å². The molecule has 1 fully saturated rings. The Labute approximate surface area is 75.5 Å². The summed E-state index contributed by atoms with van der Waals surface area (Å²) < 4.78 is 0. The van der Waals surface area contributed by atoms with Crippen molar-refractivity contribution in [3.05, 3.63) is 0 Å². The molecule has 0 bridgehead atoms. The molecular formula is C11H20O. The van der Waals surface area contributed by atoms with E-state index in [0.717, 1.165) is 19.3 Å². The first kappa shape index (κ1) is 9.76. The summed E-state index contributed by atoms with van der Waals surface area (Å²) in [6.45, 7) is 6.72. The molecule has 1 saturated carbocycles. The molecule has 0 aliphatic heterocycles. The average Bonchev–Trinajstić information content (AvgIpc) is 1.84. The number of carbonyl (C=O) groups is 1. The van der Waals surface area contributed by atoms with Gasteiger partial charge in [-0.15, -0.1) is 0 Å². The first-order valence-electron chi connectivity index (χ1n) is 4.94. The Kier molecular flexibility index (Phi) is 2.60. The zero-order valence-corrected chi connectivity index (χ0v) is 8.52. The van der Waals surface area contributed by atoms with Crippen molar-refractivity contribution >= 4 is 6.29 Å². The monoisotopic (exact) mass is 168 g/mol. The number of aldehydes is 1. The quantitative estimate of drug-likeness (QED) is 0.591. The second-order valence-corrected chi connectivity index (χ2v) is 5.39. The molecule has 0 unspecified atom stereocenters. The van der Waals surface area contributed by atoms with Gasteiger partial charge in [-0.2, -0.15) is 0 Å². The van der Waals surface area contributed by atoms with Crippen LogP contribution in [0.1, 0.15) is 52.9 Å². The summed E-state index contributed by atoms with van der Waals surface area (Å²) in [5.74, 6) is 0. The van der Waals surface area contributed by atoms with E-state index in [0.29, 0.717) is 5.41 Å². The SMILES string of the molecule is CC(C)(C)CCC1(C=O)CCC1. The summed E-state index contributed by atoms with van der Waals surface area (Å²) >= 11 is 0. The summed E-state index contributed by atoms with van der Waals surface area (Å²) in [4.78, 5) is 10.8. The van der Waals surface area contributed by atoms with Gasteiger partial charge < -0.3 is 4.79 Å². The first-order valence-corrected chi connectivity index (χ1v) is 4.94. The van der Waals surface area contributed by atoms with Gasteiger partial charge in [0.15, 0.2) is 0 Å². The predicted molar refractivity (Wildman–Crippen MR) is 51.0 cm³/mol. The lowest BCUT2D eigenvalue weighted by Crippen LogP contribution is -2.32. The van der Waals surface area contributed by atoms with Crippen molar-refractivity contribution in [2.24, 2.45) is 10.8 Å². The second kappa shape index (κ2) is 3.20. The van der Waals surface area contributed by atoms with E-state index in [1.54, 1.807) is 0 Å². The molecular weight excluding hydrogens is 148 g/mol. The first-order chi connectivity index (χ1) is 5.47. The van der Waals surface area contributed by atoms with Crippen molar-refractivity contribution < 1.29 is 4.79 Å². The molecule has 0 amide bonds. The lowest BCUT2D eigenvalue weighted by molar-refractivity contribution is -0.121. The van der Waals surface area contributed by atoms with Crippen LogP contribution in [0.15, 0.2) is 0 Å². The van der Waals surface area contributed by atoms with Crippen LogP contribution in [-0.4, -0.2) is 6.29 Å². The summed E-state index contributed by atoms with van der Waals surface area (Å²) in [5, 5.41) is 0. The van der Waals surface area contributed by atoms with E-state index in [1.165, 1.54) is 19.1 Å². The molecule has 1 rings (SSSR count). The van der Waals surface area contributed by atoms with Gasteiger partial charge in [0.05, 0.1) is 0 Å². The molecule has 0 aromatic heterocycles. The Morgan fingerprint density at radius 3 is 2.17 bits per heavy atom. The van der Waals surface area contributed by atoms with Gasteiger partial charge in [-0.1, -0.05) is 27.2 Å². The Bertz CT molecular complexity index is 160. The fourth-order valence-corrected chi connectivity index (χ4v) is 1.68. The Balaban J connectivity index is 2.34. The summed E-state index contributed by atoms with van der Waals surface area (Å²) in [5.41, 5.74) is 0.471. The molecule has 0 aromatic carbocycles. The standard InChI is InChI=1S/C11H20O/c1-10(2,3)7-8-11(9-12)5-4-6-11/h9H,4-8H2,1-3H3. The lowest BCUT2D eigenvalue weighted by Gasteiger charge is -2.38. The normalized spacial score (nSPS) is 21.6. The molecule has 1 aliphatic rings. The van der Waals surface area contributed by atoms with Crippen LogP contribution >= 0.6 is 0 Å². The zero-order chi connectivity index (χ0) is 9.24. The summed E-state index contributed by atoms with van der Waals surface area (Å²) in [7, 11) is 0. The van der Waals surface area contributed by atoms with E-state index >= 15 is 0 Å². The van der Waals surface area contributed by atoms with Crippen molar-refractivity contribution in [3.8, 4) is 0 Å². The van der Waals surface area contributed by atoms with Crippen LogP contribution in [0.25, 0.3) is 0 Å². The maximum atomic E-state index is 10.8. The number of hydrogen-bond donors (Lipinski definition) is 0. The molecule has 0 atom stereocenters. The van der Waals surface area contributed by atoms with Gasteiger partial charge in [0.2, 0.25) is 0 Å². The summed E-state index contributed by atoms with van der Waals surface area (Å²) in [6.07, 6.45) is 6.98. The van der Waals surface area contributed by atoms with Gasteiger partial charge >= 0.3 is 0 Å². The Morgan fingerprint density at radius 1 is 1.33 bits per heavy atom. The lowest BCUT2D eigenvalue weighted by atomic mass is 9.65. The zero-order valence-electron chi connectivity index (χ0n) is 8.52. The van der Waals surface area contributed by atoms with Gasteiger partial charge in [-0.3, -0.25) is 0 Å². The molecule has 1 aliphatic carbocycles. The topological polar surface area (TPSA) is 17.1 Å². The van der Waals surface area contributed by atoms with Crippen molar-refractivity contribution in [2.75, 3.05) is 0 Å². The fourth-order valence-electron chi connectivity index (χ4n) is 1.68. The molecule has 0 N–H and O–H groups in total. The molecule has 0 heterocycles. The van der Waals surface area contributed by atoms with Crippen LogP contribution in [0.5, 0.6) is 0 Å². The maximum Gasteiger partial charge on any atom is 0.126 e. The van der Waals surface area contributed by atoms with E-state index in [1.807, 2.05) is 0 Å². The highest BCUT2D eigenvalue weighted by Crippen LogP contribution is 2.44. The van der Waals surface area contributed by atoms with Crippen molar-refractivity contribution in [1.29, 1.82) is 0 Å². The highest BCUT2D eigenvalue weighted by Gasteiger charge is 2.36. The molecule has 0 saturated heterocycles. The number of rotatable bonds is 3. The third kappa shape index (κ3) is 2.33. The minimum Gasteiger partial charge on any atom is -0.303 e. The molecule has 0 aromatic rings. The highest BCUT2D eigenvalue weighted by molar-refractivity contribution is 5.60. The third-order valence-electron chi connectivity index (χ3n) is 2.97. The minimum atomic E-state index is 0.0906. The molecule has 0 spiro atoms. The molecule has 1 nitrogen and oxygen atoms in total. The van der Waals surface area contributed by atoms with Crippen molar-refractivity contribution in [2.45, 2.75) is 52.9 Å². The second-order valence-electron chi connectivity index (χ2n) is 5.39. The van der Waals surface area contributed by atoms with E-state index < -0.39 is 0 Å². The van der Waals surface area contributed by atoms with Gasteiger partial charge in [0.25, 0.3) is 0 Å². The van der Waals surface area contributed by atoms with Gasteiger partial charge in [0, 0.05) is 5.41 Å². The molecule has 12 heavy (non-hydrogen) atoms. The van der Waals surface area contributed by atoms with E-state index in [9.17, 15) is 4.79 Å². The highest BCUT2D eigenvalue weighted by atomic mass is 16.1. The van der Waals surface area contributed by atoms with Gasteiger partial charge in [-0.05, 0) is 31.1 Å². The largest absolute Gasteiger partial charge is 0.303 e. The Morgan fingerprint density at radius 2 is 1.92 bits per heavy atom. The van der Waals surface area contributed by atoms with Crippen LogP contribution in [0, 0.1) is 10.8 Å². The number of carbonyl (C=O) groups excluding carboxylic acids is 1. The van der Waals surface area contributed by atoms with Crippen LogP contribution < -0.4 is 0 Å². The minimum absolute atomic E-state index is 0.0906. The number of hydrogen-bond acceptors (Lipinski definition) is 1. The van der Waals surface area contributed by atoms with E-state index in [2.05, 4.69) is 20.8 Å².